The molecular formula is C13H20N2. The first-order chi connectivity index (χ1) is 7.33. The van der Waals surface area contributed by atoms with Crippen molar-refractivity contribution in [3.05, 3.63) is 42.7 Å². The Morgan fingerprint density at radius 3 is 3.13 bits per heavy atom. The minimum Gasteiger partial charge on any atom is -0.314 e. The average molecular weight is 204 g/mol. The smallest absolute Gasteiger partial charge is 0.0300 e. The summed E-state index contributed by atoms with van der Waals surface area (Å²) >= 11 is 0. The van der Waals surface area contributed by atoms with Crippen LogP contribution in [0.2, 0.25) is 0 Å². The SMILES string of the molecule is C=CCCC(C)NCCc1cccnc1. The lowest BCUT2D eigenvalue weighted by molar-refractivity contribution is 0.521. The van der Waals surface area contributed by atoms with E-state index in [1.165, 1.54) is 5.56 Å². The molecule has 15 heavy (non-hydrogen) atoms. The maximum atomic E-state index is 4.09. The fourth-order valence-corrected chi connectivity index (χ4v) is 1.48. The van der Waals surface area contributed by atoms with Crippen molar-refractivity contribution in [2.75, 3.05) is 6.54 Å². The molecular weight excluding hydrogens is 184 g/mol. The molecule has 2 heteroatoms. The Kier molecular flexibility index (Phi) is 5.71. The Morgan fingerprint density at radius 2 is 2.47 bits per heavy atom. The first-order valence-corrected chi connectivity index (χ1v) is 5.56. The summed E-state index contributed by atoms with van der Waals surface area (Å²) in [5.41, 5.74) is 1.29. The monoisotopic (exact) mass is 204 g/mol. The van der Waals surface area contributed by atoms with Crippen LogP contribution in [0.1, 0.15) is 25.3 Å². The Hall–Kier alpha value is -1.15. The van der Waals surface area contributed by atoms with E-state index in [0.29, 0.717) is 6.04 Å². The number of allylic oxidation sites excluding steroid dienone is 1. The largest absolute Gasteiger partial charge is 0.314 e. The van der Waals surface area contributed by atoms with Crippen LogP contribution in [0.25, 0.3) is 0 Å². The third-order valence-corrected chi connectivity index (χ3v) is 2.43. The highest BCUT2D eigenvalue weighted by atomic mass is 14.9. The van der Waals surface area contributed by atoms with E-state index in [9.17, 15) is 0 Å². The number of hydrogen-bond donors (Lipinski definition) is 1. The average Bonchev–Trinajstić information content (AvgIpc) is 2.28. The molecule has 82 valence electrons. The molecule has 1 rings (SSSR count). The highest BCUT2D eigenvalue weighted by Gasteiger charge is 1.99. The van der Waals surface area contributed by atoms with Gasteiger partial charge < -0.3 is 5.32 Å². The van der Waals surface area contributed by atoms with E-state index in [1.54, 1.807) is 0 Å². The minimum absolute atomic E-state index is 0.569. The highest BCUT2D eigenvalue weighted by Crippen LogP contribution is 1.99. The van der Waals surface area contributed by atoms with Crippen molar-refractivity contribution in [2.45, 2.75) is 32.2 Å². The van der Waals surface area contributed by atoms with Crippen LogP contribution in [-0.4, -0.2) is 17.6 Å². The number of nitrogens with zero attached hydrogens (tertiary/aromatic N) is 1. The molecule has 0 amide bonds. The maximum absolute atomic E-state index is 4.09. The summed E-state index contributed by atoms with van der Waals surface area (Å²) < 4.78 is 0. The van der Waals surface area contributed by atoms with Gasteiger partial charge in [-0.15, -0.1) is 6.58 Å². The van der Waals surface area contributed by atoms with Gasteiger partial charge in [-0.2, -0.15) is 0 Å². The predicted octanol–water partition coefficient (Wildman–Crippen LogP) is 2.57. The summed E-state index contributed by atoms with van der Waals surface area (Å²) in [4.78, 5) is 4.09. The fourth-order valence-electron chi connectivity index (χ4n) is 1.48. The first-order valence-electron chi connectivity index (χ1n) is 5.56. The summed E-state index contributed by atoms with van der Waals surface area (Å²) in [7, 11) is 0. The maximum Gasteiger partial charge on any atom is 0.0300 e. The summed E-state index contributed by atoms with van der Waals surface area (Å²) in [5.74, 6) is 0. The number of pyridine rings is 1. The van der Waals surface area contributed by atoms with E-state index in [-0.39, 0.29) is 0 Å². The van der Waals surface area contributed by atoms with Crippen LogP contribution < -0.4 is 5.32 Å². The number of aromatic nitrogens is 1. The second kappa shape index (κ2) is 7.18. The Morgan fingerprint density at radius 1 is 1.60 bits per heavy atom. The van der Waals surface area contributed by atoms with Gasteiger partial charge in [0, 0.05) is 18.4 Å². The third-order valence-electron chi connectivity index (χ3n) is 2.43. The zero-order valence-corrected chi connectivity index (χ0v) is 9.45. The summed E-state index contributed by atoms with van der Waals surface area (Å²) in [6.07, 6.45) is 9.00. The second-order valence-corrected chi connectivity index (χ2v) is 3.83. The van der Waals surface area contributed by atoms with Gasteiger partial charge in [-0.3, -0.25) is 4.98 Å². The molecule has 0 aliphatic rings. The van der Waals surface area contributed by atoms with Crippen molar-refractivity contribution in [2.24, 2.45) is 0 Å². The van der Waals surface area contributed by atoms with Crippen molar-refractivity contribution in [3.63, 3.8) is 0 Å². The number of nitrogens with one attached hydrogen (secondary N) is 1. The fraction of sp³-hybridized carbons (Fsp3) is 0.462. The van der Waals surface area contributed by atoms with Crippen LogP contribution in [0.15, 0.2) is 37.2 Å². The van der Waals surface area contributed by atoms with E-state index in [4.69, 9.17) is 0 Å². The number of rotatable bonds is 7. The van der Waals surface area contributed by atoms with Gasteiger partial charge in [0.25, 0.3) is 0 Å². The lowest BCUT2D eigenvalue weighted by Gasteiger charge is -2.12. The van der Waals surface area contributed by atoms with Crippen LogP contribution in [0.5, 0.6) is 0 Å². The van der Waals surface area contributed by atoms with Crippen LogP contribution >= 0.6 is 0 Å². The Balaban J connectivity index is 2.13. The van der Waals surface area contributed by atoms with E-state index >= 15 is 0 Å². The summed E-state index contributed by atoms with van der Waals surface area (Å²) in [6.45, 7) is 6.96. The van der Waals surface area contributed by atoms with Crippen molar-refractivity contribution >= 4 is 0 Å². The van der Waals surface area contributed by atoms with Crippen molar-refractivity contribution in [3.8, 4) is 0 Å². The van der Waals surface area contributed by atoms with E-state index < -0.39 is 0 Å². The van der Waals surface area contributed by atoms with Crippen LogP contribution in [-0.2, 0) is 6.42 Å². The molecule has 0 aliphatic carbocycles. The lowest BCUT2D eigenvalue weighted by atomic mass is 10.1. The molecule has 0 saturated heterocycles. The second-order valence-electron chi connectivity index (χ2n) is 3.83. The first kappa shape index (κ1) is 11.9. The van der Waals surface area contributed by atoms with Crippen LogP contribution in [0, 0.1) is 0 Å². The normalized spacial score (nSPS) is 12.3. The molecule has 1 unspecified atom stereocenters. The molecule has 1 aromatic rings. The van der Waals surface area contributed by atoms with Gasteiger partial charge >= 0.3 is 0 Å². The van der Waals surface area contributed by atoms with E-state index in [1.807, 2.05) is 24.5 Å². The highest BCUT2D eigenvalue weighted by molar-refractivity contribution is 5.08. The molecule has 0 fully saturated rings. The number of hydrogen-bond acceptors (Lipinski definition) is 2. The van der Waals surface area contributed by atoms with Crippen LogP contribution in [0.4, 0.5) is 0 Å². The van der Waals surface area contributed by atoms with E-state index in [0.717, 1.165) is 25.8 Å². The predicted molar refractivity (Wildman–Crippen MR) is 64.8 cm³/mol. The molecule has 0 aliphatic heterocycles. The molecule has 1 heterocycles. The third kappa shape index (κ3) is 5.33. The standard InChI is InChI=1S/C13H20N2/c1-3-4-6-12(2)15-10-8-13-7-5-9-14-11-13/h3,5,7,9,11-12,15H,1,4,6,8,10H2,2H3. The molecule has 0 bridgehead atoms. The zero-order chi connectivity index (χ0) is 10.9. The van der Waals surface area contributed by atoms with Crippen molar-refractivity contribution in [1.29, 1.82) is 0 Å². The summed E-state index contributed by atoms with van der Waals surface area (Å²) in [6, 6.07) is 4.67. The van der Waals surface area contributed by atoms with Crippen molar-refractivity contribution < 1.29 is 0 Å². The Bertz CT molecular complexity index is 269. The topological polar surface area (TPSA) is 24.9 Å². The molecule has 0 saturated carbocycles. The molecule has 0 spiro atoms. The van der Waals surface area contributed by atoms with Crippen molar-refractivity contribution in [1.82, 2.24) is 10.3 Å². The van der Waals surface area contributed by atoms with Crippen LogP contribution in [0.3, 0.4) is 0 Å². The van der Waals surface area contributed by atoms with E-state index in [2.05, 4.69) is 29.9 Å². The molecule has 0 aromatic carbocycles. The molecule has 1 atom stereocenters. The minimum atomic E-state index is 0.569. The zero-order valence-electron chi connectivity index (χ0n) is 9.45. The quantitative estimate of drug-likeness (QED) is 0.690. The molecule has 2 nitrogen and oxygen atoms in total. The molecule has 1 aromatic heterocycles. The summed E-state index contributed by atoms with van der Waals surface area (Å²) in [5, 5.41) is 3.49. The van der Waals surface area contributed by atoms with Gasteiger partial charge in [0.15, 0.2) is 0 Å². The van der Waals surface area contributed by atoms with Gasteiger partial charge in [-0.1, -0.05) is 12.1 Å². The Labute approximate surface area is 92.4 Å². The van der Waals surface area contributed by atoms with Gasteiger partial charge in [0.1, 0.15) is 0 Å². The molecule has 1 N–H and O–H groups in total. The van der Waals surface area contributed by atoms with Gasteiger partial charge in [-0.25, -0.2) is 0 Å². The van der Waals surface area contributed by atoms with Gasteiger partial charge in [0.05, 0.1) is 0 Å². The molecule has 0 radical (unpaired) electrons. The van der Waals surface area contributed by atoms with Gasteiger partial charge in [0.2, 0.25) is 0 Å². The lowest BCUT2D eigenvalue weighted by Crippen LogP contribution is -2.27. The van der Waals surface area contributed by atoms with Gasteiger partial charge in [-0.05, 0) is 44.4 Å².